The summed E-state index contributed by atoms with van der Waals surface area (Å²) in [5.41, 5.74) is 1.37. The first-order valence-corrected chi connectivity index (χ1v) is 7.63. The second-order valence-electron chi connectivity index (χ2n) is 4.84. The molecule has 0 amide bonds. The Hall–Kier alpha value is -2.85. The van der Waals surface area contributed by atoms with Crippen LogP contribution in [0.5, 0.6) is 0 Å². The van der Waals surface area contributed by atoms with Crippen LogP contribution in [0.1, 0.15) is 5.56 Å². The van der Waals surface area contributed by atoms with E-state index in [0.717, 1.165) is 0 Å². The Labute approximate surface area is 140 Å². The number of nitriles is 1. The highest BCUT2D eigenvalue weighted by molar-refractivity contribution is 8.01. The number of hydrogen-bond acceptors (Lipinski definition) is 5. The van der Waals surface area contributed by atoms with Crippen LogP contribution in [0.2, 0.25) is 0 Å². The van der Waals surface area contributed by atoms with E-state index in [1.54, 1.807) is 36.4 Å². The van der Waals surface area contributed by atoms with Crippen molar-refractivity contribution in [1.29, 1.82) is 5.26 Å². The van der Waals surface area contributed by atoms with E-state index in [1.165, 1.54) is 12.5 Å². The third-order valence-electron chi connectivity index (χ3n) is 3.36. The van der Waals surface area contributed by atoms with Crippen LogP contribution in [-0.4, -0.2) is 21.5 Å². The molecule has 0 saturated carbocycles. The number of benzene rings is 2. The molecule has 3 rings (SSSR count). The maximum Gasteiger partial charge on any atom is 0.352 e. The zero-order chi connectivity index (χ0) is 17.2. The molecule has 118 valence electrons. The normalized spacial score (nSPS) is 11.2. The third-order valence-corrected chi connectivity index (χ3v) is 4.25. The van der Waals surface area contributed by atoms with Gasteiger partial charge in [0.05, 0.1) is 22.2 Å². The van der Waals surface area contributed by atoms with Crippen LogP contribution < -0.4 is 0 Å². The van der Waals surface area contributed by atoms with Crippen LogP contribution in [0.15, 0.2) is 53.8 Å². The van der Waals surface area contributed by atoms with Crippen LogP contribution in [0.25, 0.3) is 22.0 Å². The molecule has 0 atom stereocenters. The number of alkyl halides is 2. The number of fused-ring (bicyclic) bond motifs is 1. The monoisotopic (exact) mass is 341 g/mol. The van der Waals surface area contributed by atoms with E-state index in [4.69, 9.17) is 0 Å². The number of thioether (sulfide) groups is 1. The maximum atomic E-state index is 13.5. The second-order valence-corrected chi connectivity index (χ2v) is 6.02. The lowest BCUT2D eigenvalue weighted by molar-refractivity contribution is -0.119. The summed E-state index contributed by atoms with van der Waals surface area (Å²) in [7, 11) is 0. The summed E-state index contributed by atoms with van der Waals surface area (Å²) in [6.07, 6.45) is 2.09. The highest BCUT2D eigenvalue weighted by atomic mass is 32.2. The van der Waals surface area contributed by atoms with Crippen molar-refractivity contribution in [2.24, 2.45) is 0 Å². The summed E-state index contributed by atoms with van der Waals surface area (Å²) in [5, 5.41) is 7.07. The van der Waals surface area contributed by atoms with Gasteiger partial charge in [0.2, 0.25) is 0 Å². The van der Waals surface area contributed by atoms with Crippen molar-refractivity contribution in [3.05, 3.63) is 54.5 Å². The van der Waals surface area contributed by atoms with Gasteiger partial charge in [-0.05, 0) is 23.2 Å². The van der Waals surface area contributed by atoms with E-state index < -0.39 is 11.5 Å². The minimum absolute atomic E-state index is 0.0875. The molecule has 1 heterocycles. The van der Waals surface area contributed by atoms with Gasteiger partial charge in [-0.2, -0.15) is 14.0 Å². The van der Waals surface area contributed by atoms with Crippen molar-refractivity contribution in [1.82, 2.24) is 9.97 Å². The van der Waals surface area contributed by atoms with Crippen LogP contribution >= 0.6 is 11.8 Å². The lowest BCUT2D eigenvalue weighted by Crippen LogP contribution is -2.12. The molecular formula is C17H9F2N3OS. The van der Waals surface area contributed by atoms with Gasteiger partial charge in [0, 0.05) is 17.1 Å². The number of carbonyl (C=O) groups excluding carboxylic acids is 1. The number of halogens is 2. The Balaban J connectivity index is 2.23. The molecule has 0 N–H and O–H groups in total. The Morgan fingerprint density at radius 1 is 1.17 bits per heavy atom. The maximum absolute atomic E-state index is 13.5. The number of hydrogen-bond donors (Lipinski definition) is 0. The summed E-state index contributed by atoms with van der Waals surface area (Å²) in [6.45, 7) is 0. The molecule has 0 aliphatic carbocycles. The Morgan fingerprint density at radius 3 is 2.62 bits per heavy atom. The highest BCUT2D eigenvalue weighted by Gasteiger charge is 2.31. The van der Waals surface area contributed by atoms with Crippen molar-refractivity contribution in [3.63, 3.8) is 0 Å². The quantitative estimate of drug-likeness (QED) is 0.529. The summed E-state index contributed by atoms with van der Waals surface area (Å²) in [6, 6.07) is 12.5. The first-order valence-electron chi connectivity index (χ1n) is 6.81. The summed E-state index contributed by atoms with van der Waals surface area (Å²) < 4.78 is 26.9. The molecule has 0 unspecified atom stereocenters. The minimum Gasteiger partial charge on any atom is -0.296 e. The molecule has 0 spiro atoms. The zero-order valence-electron chi connectivity index (χ0n) is 12.1. The highest BCUT2D eigenvalue weighted by Crippen LogP contribution is 2.40. The van der Waals surface area contributed by atoms with Gasteiger partial charge in [0.1, 0.15) is 6.33 Å². The molecule has 0 aliphatic heterocycles. The van der Waals surface area contributed by atoms with Gasteiger partial charge in [-0.15, -0.1) is 0 Å². The Bertz CT molecular complexity index is 969. The largest absolute Gasteiger partial charge is 0.352 e. The fraction of sp³-hybridized carbons (Fsp3) is 0.0588. The van der Waals surface area contributed by atoms with Gasteiger partial charge in [-0.1, -0.05) is 30.3 Å². The van der Waals surface area contributed by atoms with Crippen LogP contribution in [0.4, 0.5) is 8.78 Å². The minimum atomic E-state index is -3.57. The van der Waals surface area contributed by atoms with E-state index >= 15 is 0 Å². The number of aromatic nitrogens is 2. The number of aldehydes is 1. The van der Waals surface area contributed by atoms with Crippen molar-refractivity contribution in [3.8, 4) is 17.3 Å². The molecule has 0 saturated heterocycles. The third kappa shape index (κ3) is 2.96. The van der Waals surface area contributed by atoms with Crippen LogP contribution in [0, 0.1) is 11.3 Å². The van der Waals surface area contributed by atoms with Gasteiger partial charge in [-0.25, -0.2) is 9.97 Å². The molecule has 0 aliphatic rings. The smallest absolute Gasteiger partial charge is 0.296 e. The predicted octanol–water partition coefficient (Wildman–Crippen LogP) is 4.05. The standard InChI is InChI=1S/C17H9F2N3OS/c18-17(19,9-23)24-15-8-21-10-22-16(15)14-6-5-11(7-20)12-3-1-2-4-13(12)14/h1-6,8-10H. The first kappa shape index (κ1) is 16.0. The van der Waals surface area contributed by atoms with E-state index in [2.05, 4.69) is 16.0 Å². The van der Waals surface area contributed by atoms with Gasteiger partial charge < -0.3 is 0 Å². The van der Waals surface area contributed by atoms with Crippen molar-refractivity contribution >= 4 is 28.8 Å². The molecule has 1 aromatic heterocycles. The van der Waals surface area contributed by atoms with Crippen molar-refractivity contribution in [2.45, 2.75) is 10.2 Å². The zero-order valence-corrected chi connectivity index (χ0v) is 12.9. The number of rotatable bonds is 4. The Morgan fingerprint density at radius 2 is 1.92 bits per heavy atom. The summed E-state index contributed by atoms with van der Waals surface area (Å²) in [5.74, 6) is 0. The molecule has 3 aromatic rings. The molecular weight excluding hydrogens is 332 g/mol. The van der Waals surface area contributed by atoms with E-state index in [-0.39, 0.29) is 22.4 Å². The lowest BCUT2D eigenvalue weighted by Gasteiger charge is -2.13. The lowest BCUT2D eigenvalue weighted by atomic mass is 9.98. The molecule has 2 aromatic carbocycles. The summed E-state index contributed by atoms with van der Waals surface area (Å²) >= 11 is 0.0945. The van der Waals surface area contributed by atoms with Crippen LogP contribution in [0.3, 0.4) is 0 Å². The molecule has 0 radical (unpaired) electrons. The topological polar surface area (TPSA) is 66.6 Å². The first-order chi connectivity index (χ1) is 11.6. The van der Waals surface area contributed by atoms with E-state index in [1.807, 2.05) is 0 Å². The number of carbonyl (C=O) groups is 1. The summed E-state index contributed by atoms with van der Waals surface area (Å²) in [4.78, 5) is 18.5. The second kappa shape index (κ2) is 6.34. The van der Waals surface area contributed by atoms with E-state index in [0.29, 0.717) is 21.9 Å². The SMILES string of the molecule is N#Cc1ccc(-c2ncncc2SC(F)(F)C=O)c2ccccc12. The van der Waals surface area contributed by atoms with Gasteiger partial charge in [0.25, 0.3) is 0 Å². The van der Waals surface area contributed by atoms with Gasteiger partial charge in [0.15, 0.2) is 6.29 Å². The van der Waals surface area contributed by atoms with Crippen LogP contribution in [-0.2, 0) is 4.79 Å². The van der Waals surface area contributed by atoms with Crippen molar-refractivity contribution in [2.75, 3.05) is 0 Å². The molecule has 24 heavy (non-hydrogen) atoms. The average Bonchev–Trinajstić information content (AvgIpc) is 2.61. The van der Waals surface area contributed by atoms with Crippen molar-refractivity contribution < 1.29 is 13.6 Å². The molecule has 7 heteroatoms. The van der Waals surface area contributed by atoms with Gasteiger partial charge >= 0.3 is 5.25 Å². The fourth-order valence-corrected chi connectivity index (χ4v) is 3.08. The predicted molar refractivity (Wildman–Crippen MR) is 86.6 cm³/mol. The molecule has 4 nitrogen and oxygen atoms in total. The molecule has 0 fully saturated rings. The number of nitrogens with zero attached hydrogens (tertiary/aromatic N) is 3. The Kier molecular flexibility index (Phi) is 4.23. The average molecular weight is 341 g/mol. The van der Waals surface area contributed by atoms with E-state index in [9.17, 15) is 18.8 Å². The van der Waals surface area contributed by atoms with Gasteiger partial charge in [-0.3, -0.25) is 4.79 Å². The molecule has 0 bridgehead atoms. The fourth-order valence-electron chi connectivity index (χ4n) is 2.37.